The van der Waals surface area contributed by atoms with Crippen LogP contribution in [0.4, 0.5) is 0 Å². The van der Waals surface area contributed by atoms with Crippen molar-refractivity contribution < 1.29 is 17.9 Å². The van der Waals surface area contributed by atoms with Gasteiger partial charge in [-0.15, -0.1) is 0 Å². The van der Waals surface area contributed by atoms with E-state index in [-0.39, 0.29) is 0 Å². The quantitative estimate of drug-likeness (QED) is 0.681. The van der Waals surface area contributed by atoms with Crippen LogP contribution in [0, 0.1) is 0 Å². The van der Waals surface area contributed by atoms with Gasteiger partial charge in [-0.05, 0) is 47.9 Å². The number of methoxy groups -OCH3 is 1. The number of rotatable bonds is 9. The molecule has 0 aliphatic heterocycles. The summed E-state index contributed by atoms with van der Waals surface area (Å²) in [6, 6.07) is 12.7. The molecule has 26 heavy (non-hydrogen) atoms. The van der Waals surface area contributed by atoms with Gasteiger partial charge < -0.3 is 14.8 Å². The third-order valence-electron chi connectivity index (χ3n) is 3.71. The molecule has 0 spiro atoms. The minimum Gasteiger partial charge on any atom is -0.493 e. The van der Waals surface area contributed by atoms with Gasteiger partial charge in [-0.2, -0.15) is 0 Å². The van der Waals surface area contributed by atoms with Crippen molar-refractivity contribution in [1.29, 1.82) is 0 Å². The van der Waals surface area contributed by atoms with Crippen molar-refractivity contribution in [2.45, 2.75) is 24.9 Å². The predicted molar refractivity (Wildman–Crippen MR) is 103 cm³/mol. The molecular formula is C20H25NO4S. The zero-order valence-corrected chi connectivity index (χ0v) is 16.2. The van der Waals surface area contributed by atoms with Crippen molar-refractivity contribution in [2.24, 2.45) is 0 Å². The first-order valence-corrected chi connectivity index (χ1v) is 10.1. The Balaban J connectivity index is 1.96. The minimum absolute atomic E-state index is 0.329. The highest BCUT2D eigenvalue weighted by Crippen LogP contribution is 2.28. The Morgan fingerprint density at radius 3 is 2.23 bits per heavy atom. The molecule has 2 rings (SSSR count). The van der Waals surface area contributed by atoms with Gasteiger partial charge in [-0.1, -0.05) is 24.8 Å². The SMILES string of the molecule is C=C(C)COc1cc(CNCc2ccc(S(C)(=O)=O)cc2)ccc1OC. The molecule has 0 aliphatic rings. The molecular weight excluding hydrogens is 350 g/mol. The van der Waals surface area contributed by atoms with Crippen LogP contribution in [0.25, 0.3) is 0 Å². The van der Waals surface area contributed by atoms with Crippen molar-refractivity contribution in [3.63, 3.8) is 0 Å². The summed E-state index contributed by atoms with van der Waals surface area (Å²) in [5.74, 6) is 1.37. The highest BCUT2D eigenvalue weighted by atomic mass is 32.2. The Hall–Kier alpha value is -2.31. The molecule has 5 nitrogen and oxygen atoms in total. The molecule has 140 valence electrons. The third-order valence-corrected chi connectivity index (χ3v) is 4.84. The lowest BCUT2D eigenvalue weighted by Gasteiger charge is -2.13. The van der Waals surface area contributed by atoms with Crippen LogP contribution in [0.3, 0.4) is 0 Å². The standard InChI is InChI=1S/C20H25NO4S/c1-15(2)14-25-20-11-17(7-10-19(20)24-3)13-21-12-16-5-8-18(9-6-16)26(4,22)23/h5-11,21H,1,12-14H2,2-4H3. The largest absolute Gasteiger partial charge is 0.493 e. The Morgan fingerprint density at radius 2 is 1.65 bits per heavy atom. The first kappa shape index (κ1) is 20.0. The molecule has 1 N–H and O–H groups in total. The highest BCUT2D eigenvalue weighted by molar-refractivity contribution is 7.90. The zero-order valence-electron chi connectivity index (χ0n) is 15.4. The second-order valence-corrected chi connectivity index (χ2v) is 8.27. The Morgan fingerprint density at radius 1 is 1.04 bits per heavy atom. The summed E-state index contributed by atoms with van der Waals surface area (Å²) in [5.41, 5.74) is 3.02. The number of nitrogens with one attached hydrogen (secondary N) is 1. The molecule has 0 amide bonds. The predicted octanol–water partition coefficient (Wildman–Crippen LogP) is 3.34. The van der Waals surface area contributed by atoms with Crippen LogP contribution < -0.4 is 14.8 Å². The van der Waals surface area contributed by atoms with E-state index < -0.39 is 9.84 Å². The molecule has 0 unspecified atom stereocenters. The van der Waals surface area contributed by atoms with Crippen LogP contribution in [-0.2, 0) is 22.9 Å². The van der Waals surface area contributed by atoms with E-state index in [1.807, 2.05) is 37.3 Å². The average Bonchev–Trinajstić information content (AvgIpc) is 2.59. The topological polar surface area (TPSA) is 64.6 Å². The van der Waals surface area contributed by atoms with Gasteiger partial charge in [0.25, 0.3) is 0 Å². The van der Waals surface area contributed by atoms with Crippen LogP contribution in [0.15, 0.2) is 59.5 Å². The van der Waals surface area contributed by atoms with E-state index in [0.717, 1.165) is 16.7 Å². The van der Waals surface area contributed by atoms with Crippen molar-refractivity contribution in [3.8, 4) is 11.5 Å². The summed E-state index contributed by atoms with van der Waals surface area (Å²) in [4.78, 5) is 0.329. The lowest BCUT2D eigenvalue weighted by Crippen LogP contribution is -2.13. The summed E-state index contributed by atoms with van der Waals surface area (Å²) in [6.07, 6.45) is 1.21. The van der Waals surface area contributed by atoms with E-state index in [1.54, 1.807) is 19.2 Å². The van der Waals surface area contributed by atoms with Gasteiger partial charge in [0, 0.05) is 19.3 Å². The normalized spacial score (nSPS) is 11.2. The van der Waals surface area contributed by atoms with Crippen molar-refractivity contribution in [3.05, 3.63) is 65.7 Å². The molecule has 0 aromatic heterocycles. The van der Waals surface area contributed by atoms with Crippen molar-refractivity contribution in [2.75, 3.05) is 20.0 Å². The van der Waals surface area contributed by atoms with E-state index in [9.17, 15) is 8.42 Å². The monoisotopic (exact) mass is 375 g/mol. The van der Waals surface area contributed by atoms with Crippen molar-refractivity contribution in [1.82, 2.24) is 5.32 Å². The smallest absolute Gasteiger partial charge is 0.175 e. The lowest BCUT2D eigenvalue weighted by atomic mass is 10.2. The van der Waals surface area contributed by atoms with E-state index in [0.29, 0.717) is 36.1 Å². The Bertz CT molecular complexity index is 858. The van der Waals surface area contributed by atoms with E-state index in [4.69, 9.17) is 9.47 Å². The Labute approximate surface area is 155 Å². The number of ether oxygens (including phenoxy) is 2. The van der Waals surface area contributed by atoms with E-state index in [1.165, 1.54) is 6.26 Å². The van der Waals surface area contributed by atoms with Crippen LogP contribution >= 0.6 is 0 Å². The first-order valence-electron chi connectivity index (χ1n) is 8.23. The fraction of sp³-hybridized carbons (Fsp3) is 0.300. The molecule has 0 saturated carbocycles. The molecule has 0 atom stereocenters. The lowest BCUT2D eigenvalue weighted by molar-refractivity contribution is 0.319. The molecule has 2 aromatic rings. The molecule has 0 aliphatic carbocycles. The zero-order chi connectivity index (χ0) is 19.2. The van der Waals surface area contributed by atoms with Crippen LogP contribution in [0.5, 0.6) is 11.5 Å². The average molecular weight is 375 g/mol. The van der Waals surface area contributed by atoms with Gasteiger partial charge >= 0.3 is 0 Å². The number of hydrogen-bond acceptors (Lipinski definition) is 5. The fourth-order valence-corrected chi connectivity index (χ4v) is 2.98. The molecule has 0 saturated heterocycles. The first-order chi connectivity index (χ1) is 12.3. The number of benzene rings is 2. The van der Waals surface area contributed by atoms with Gasteiger partial charge in [-0.25, -0.2) is 8.42 Å². The second-order valence-electron chi connectivity index (χ2n) is 6.25. The molecule has 0 heterocycles. The van der Waals surface area contributed by atoms with Gasteiger partial charge in [0.1, 0.15) is 6.61 Å². The summed E-state index contributed by atoms with van der Waals surface area (Å²) in [6.45, 7) is 7.48. The maximum absolute atomic E-state index is 11.5. The Kier molecular flexibility index (Phi) is 6.83. The van der Waals surface area contributed by atoms with Gasteiger partial charge in [-0.3, -0.25) is 0 Å². The molecule has 6 heteroatoms. The van der Waals surface area contributed by atoms with Gasteiger partial charge in [0.2, 0.25) is 0 Å². The molecule has 0 radical (unpaired) electrons. The van der Waals surface area contributed by atoms with Crippen LogP contribution in [0.2, 0.25) is 0 Å². The van der Waals surface area contributed by atoms with E-state index >= 15 is 0 Å². The maximum atomic E-state index is 11.5. The van der Waals surface area contributed by atoms with Crippen LogP contribution in [0.1, 0.15) is 18.1 Å². The van der Waals surface area contributed by atoms with Gasteiger partial charge in [0.15, 0.2) is 21.3 Å². The molecule has 0 fully saturated rings. The molecule has 0 bridgehead atoms. The maximum Gasteiger partial charge on any atom is 0.175 e. The minimum atomic E-state index is -3.16. The summed E-state index contributed by atoms with van der Waals surface area (Å²) < 4.78 is 34.0. The number of hydrogen-bond donors (Lipinski definition) is 1. The summed E-state index contributed by atoms with van der Waals surface area (Å²) in [5, 5.41) is 3.34. The third kappa shape index (κ3) is 5.89. The fourth-order valence-electron chi connectivity index (χ4n) is 2.35. The molecule has 2 aromatic carbocycles. The summed E-state index contributed by atoms with van der Waals surface area (Å²) >= 11 is 0. The summed E-state index contributed by atoms with van der Waals surface area (Å²) in [7, 11) is -1.55. The van der Waals surface area contributed by atoms with Crippen molar-refractivity contribution >= 4 is 9.84 Å². The van der Waals surface area contributed by atoms with Crippen LogP contribution in [-0.4, -0.2) is 28.4 Å². The van der Waals surface area contributed by atoms with Gasteiger partial charge in [0.05, 0.1) is 12.0 Å². The second kappa shape index (κ2) is 8.87. The highest BCUT2D eigenvalue weighted by Gasteiger charge is 2.07. The number of sulfone groups is 1. The van der Waals surface area contributed by atoms with E-state index in [2.05, 4.69) is 11.9 Å².